The van der Waals surface area contributed by atoms with Crippen LogP contribution in [0.3, 0.4) is 0 Å². The van der Waals surface area contributed by atoms with Gasteiger partial charge in [0.2, 0.25) is 0 Å². The first kappa shape index (κ1) is 23.9. The molecule has 7 heteroatoms. The molecular formula is C29H32N4O3. The van der Waals surface area contributed by atoms with Gasteiger partial charge in [-0.3, -0.25) is 9.20 Å². The van der Waals surface area contributed by atoms with Crippen molar-refractivity contribution in [2.45, 2.75) is 47.1 Å². The van der Waals surface area contributed by atoms with Gasteiger partial charge in [-0.15, -0.1) is 0 Å². The molecule has 0 aliphatic carbocycles. The summed E-state index contributed by atoms with van der Waals surface area (Å²) >= 11 is 0. The van der Waals surface area contributed by atoms with E-state index in [-0.39, 0.29) is 11.9 Å². The maximum atomic E-state index is 12.7. The second kappa shape index (κ2) is 9.64. The SMILES string of the molecule is COc1ccc(Cn2cc(OC(=O)CC(C)C)c3c2nc(CC(C)C)n2c4ccccc4nc32)cc1. The topological polar surface area (TPSA) is 70.7 Å². The number of fused-ring (bicyclic) bond motifs is 5. The van der Waals surface area contributed by atoms with Crippen LogP contribution in [0.25, 0.3) is 27.7 Å². The molecule has 36 heavy (non-hydrogen) atoms. The van der Waals surface area contributed by atoms with E-state index in [0.717, 1.165) is 51.3 Å². The normalized spacial score (nSPS) is 11.9. The van der Waals surface area contributed by atoms with Crippen LogP contribution in [0.1, 0.15) is 45.5 Å². The highest BCUT2D eigenvalue weighted by atomic mass is 16.5. The van der Waals surface area contributed by atoms with E-state index in [1.54, 1.807) is 7.11 Å². The summed E-state index contributed by atoms with van der Waals surface area (Å²) in [6.07, 6.45) is 3.03. The standard InChI is InChI=1S/C29H32N4O3/c1-18(2)14-25-31-28-27(29-30-22-8-6-7-9-23(22)33(25)29)24(36-26(34)15-19(3)4)17-32(28)16-20-10-12-21(35-5)13-11-20/h6-13,17-19H,14-16H2,1-5H3. The molecule has 0 spiro atoms. The number of ether oxygens (including phenoxy) is 2. The predicted octanol–water partition coefficient (Wildman–Crippen LogP) is 6.04. The van der Waals surface area contributed by atoms with E-state index in [1.165, 1.54) is 0 Å². The Morgan fingerprint density at radius 1 is 0.944 bits per heavy atom. The average molecular weight is 485 g/mol. The van der Waals surface area contributed by atoms with Gasteiger partial charge in [0, 0.05) is 25.6 Å². The van der Waals surface area contributed by atoms with Gasteiger partial charge in [0.1, 0.15) is 22.6 Å². The van der Waals surface area contributed by atoms with Gasteiger partial charge in [0.15, 0.2) is 11.4 Å². The van der Waals surface area contributed by atoms with Crippen molar-refractivity contribution >= 4 is 33.7 Å². The molecule has 0 unspecified atom stereocenters. The van der Waals surface area contributed by atoms with Crippen molar-refractivity contribution in [1.82, 2.24) is 18.9 Å². The molecule has 0 saturated heterocycles. The smallest absolute Gasteiger partial charge is 0.311 e. The molecular weight excluding hydrogens is 452 g/mol. The second-order valence-corrected chi connectivity index (χ2v) is 10.1. The van der Waals surface area contributed by atoms with Crippen LogP contribution in [-0.4, -0.2) is 32.0 Å². The van der Waals surface area contributed by atoms with Gasteiger partial charge in [-0.05, 0) is 41.7 Å². The molecule has 0 bridgehead atoms. The number of carbonyl (C=O) groups excluding carboxylic acids is 1. The Bertz CT molecular complexity index is 1540. The molecule has 5 aromatic rings. The quantitative estimate of drug-likeness (QED) is 0.251. The highest BCUT2D eigenvalue weighted by Gasteiger charge is 2.23. The highest BCUT2D eigenvalue weighted by molar-refractivity contribution is 6.01. The van der Waals surface area contributed by atoms with Crippen molar-refractivity contribution in [1.29, 1.82) is 0 Å². The summed E-state index contributed by atoms with van der Waals surface area (Å²) in [5.41, 5.74) is 4.50. The number of hydrogen-bond donors (Lipinski definition) is 0. The number of nitrogens with zero attached hydrogens (tertiary/aromatic N) is 4. The molecule has 5 rings (SSSR count). The summed E-state index contributed by atoms with van der Waals surface area (Å²) in [6.45, 7) is 8.96. The molecule has 0 N–H and O–H groups in total. The Kier molecular flexibility index (Phi) is 6.39. The van der Waals surface area contributed by atoms with Crippen LogP contribution in [0.4, 0.5) is 0 Å². The third kappa shape index (κ3) is 4.53. The Balaban J connectivity index is 1.75. The van der Waals surface area contributed by atoms with Crippen molar-refractivity contribution in [3.8, 4) is 11.5 Å². The van der Waals surface area contributed by atoms with Gasteiger partial charge < -0.3 is 14.0 Å². The summed E-state index contributed by atoms with van der Waals surface area (Å²) in [7, 11) is 1.66. The Hall–Kier alpha value is -3.87. The van der Waals surface area contributed by atoms with Gasteiger partial charge in [-0.1, -0.05) is 52.0 Å². The molecule has 0 amide bonds. The van der Waals surface area contributed by atoms with Crippen molar-refractivity contribution < 1.29 is 14.3 Å². The number of methoxy groups -OCH3 is 1. The largest absolute Gasteiger partial charge is 0.497 e. The second-order valence-electron chi connectivity index (χ2n) is 10.1. The summed E-state index contributed by atoms with van der Waals surface area (Å²) in [6, 6.07) is 16.0. The molecule has 0 saturated carbocycles. The van der Waals surface area contributed by atoms with Crippen LogP contribution in [0.5, 0.6) is 11.5 Å². The molecule has 186 valence electrons. The molecule has 0 aliphatic heterocycles. The number of esters is 1. The van der Waals surface area contributed by atoms with E-state index in [2.05, 4.69) is 28.9 Å². The number of imidazole rings is 1. The van der Waals surface area contributed by atoms with Crippen molar-refractivity contribution in [2.75, 3.05) is 7.11 Å². The van der Waals surface area contributed by atoms with E-state index < -0.39 is 0 Å². The Morgan fingerprint density at radius 3 is 2.39 bits per heavy atom. The van der Waals surface area contributed by atoms with Gasteiger partial charge in [-0.2, -0.15) is 0 Å². The number of carbonyl (C=O) groups is 1. The zero-order valence-corrected chi connectivity index (χ0v) is 21.5. The maximum Gasteiger partial charge on any atom is 0.311 e. The monoisotopic (exact) mass is 484 g/mol. The van der Waals surface area contributed by atoms with Gasteiger partial charge in [0.05, 0.1) is 18.1 Å². The lowest BCUT2D eigenvalue weighted by Gasteiger charge is -2.11. The maximum absolute atomic E-state index is 12.7. The summed E-state index contributed by atoms with van der Waals surface area (Å²) < 4.78 is 15.4. The fraction of sp³-hybridized carbons (Fsp3) is 0.345. The van der Waals surface area contributed by atoms with Crippen LogP contribution in [-0.2, 0) is 17.8 Å². The minimum absolute atomic E-state index is 0.204. The van der Waals surface area contributed by atoms with Crippen LogP contribution < -0.4 is 9.47 Å². The molecule has 0 fully saturated rings. The van der Waals surface area contributed by atoms with Crippen LogP contribution in [0.2, 0.25) is 0 Å². The third-order valence-electron chi connectivity index (χ3n) is 6.19. The molecule has 0 radical (unpaired) electrons. The fourth-order valence-corrected chi connectivity index (χ4v) is 4.60. The molecule has 0 atom stereocenters. The number of aromatic nitrogens is 4. The minimum Gasteiger partial charge on any atom is -0.497 e. The third-order valence-corrected chi connectivity index (χ3v) is 6.19. The minimum atomic E-state index is -0.256. The lowest BCUT2D eigenvalue weighted by Crippen LogP contribution is -2.11. The van der Waals surface area contributed by atoms with Gasteiger partial charge >= 0.3 is 5.97 Å². The van der Waals surface area contributed by atoms with E-state index in [9.17, 15) is 4.79 Å². The zero-order valence-electron chi connectivity index (χ0n) is 21.5. The zero-order chi connectivity index (χ0) is 25.4. The summed E-state index contributed by atoms with van der Waals surface area (Å²) in [5.74, 6) is 2.60. The first-order valence-corrected chi connectivity index (χ1v) is 12.5. The number of rotatable bonds is 8. The van der Waals surface area contributed by atoms with Crippen LogP contribution in [0.15, 0.2) is 54.7 Å². The summed E-state index contributed by atoms with van der Waals surface area (Å²) in [5, 5.41) is 0.754. The molecule has 0 aliphatic rings. The Labute approximate surface area is 210 Å². The first-order chi connectivity index (χ1) is 17.3. The lowest BCUT2D eigenvalue weighted by atomic mass is 10.1. The predicted molar refractivity (Wildman–Crippen MR) is 142 cm³/mol. The van der Waals surface area contributed by atoms with Crippen LogP contribution >= 0.6 is 0 Å². The number of hydrogen-bond acceptors (Lipinski definition) is 5. The average Bonchev–Trinajstić information content (AvgIpc) is 3.37. The van der Waals surface area contributed by atoms with Gasteiger partial charge in [0.25, 0.3) is 0 Å². The van der Waals surface area contributed by atoms with E-state index in [1.807, 2.05) is 62.5 Å². The number of para-hydroxylation sites is 2. The van der Waals surface area contributed by atoms with E-state index >= 15 is 0 Å². The van der Waals surface area contributed by atoms with Crippen molar-refractivity contribution in [3.05, 3.63) is 66.1 Å². The Morgan fingerprint density at radius 2 is 1.69 bits per heavy atom. The van der Waals surface area contributed by atoms with Gasteiger partial charge in [-0.25, -0.2) is 9.97 Å². The van der Waals surface area contributed by atoms with E-state index in [4.69, 9.17) is 19.4 Å². The van der Waals surface area contributed by atoms with Crippen molar-refractivity contribution in [3.63, 3.8) is 0 Å². The molecule has 2 aromatic carbocycles. The first-order valence-electron chi connectivity index (χ1n) is 12.5. The lowest BCUT2D eigenvalue weighted by molar-refractivity contribution is -0.135. The molecule has 7 nitrogen and oxygen atoms in total. The molecule has 3 aromatic heterocycles. The fourth-order valence-electron chi connectivity index (χ4n) is 4.60. The number of benzene rings is 2. The van der Waals surface area contributed by atoms with Crippen LogP contribution in [0, 0.1) is 11.8 Å². The van der Waals surface area contributed by atoms with E-state index in [0.29, 0.717) is 24.6 Å². The summed E-state index contributed by atoms with van der Waals surface area (Å²) in [4.78, 5) is 22.9. The van der Waals surface area contributed by atoms with Crippen molar-refractivity contribution in [2.24, 2.45) is 11.8 Å². The molecule has 3 heterocycles. The highest BCUT2D eigenvalue weighted by Crippen LogP contribution is 2.34.